The molecule has 0 aliphatic heterocycles. The molecule has 0 amide bonds. The van der Waals surface area contributed by atoms with Crippen LogP contribution in [0.15, 0.2) is 0 Å². The first-order valence-corrected chi connectivity index (χ1v) is 17.2. The van der Waals surface area contributed by atoms with E-state index in [1.165, 1.54) is 0 Å². The van der Waals surface area contributed by atoms with Gasteiger partial charge in [-0.2, -0.15) is 0 Å². The number of rotatable bonds is 12. The second-order valence-electron chi connectivity index (χ2n) is 6.36. The topological polar surface area (TPSA) is 401 Å². The molecule has 1 fully saturated rings. The number of hydrogen-bond acceptors (Lipinski definition) is 12. The average molecular weight is 706 g/mol. The first kappa shape index (κ1) is 42.8. The molecule has 1 saturated carbocycles. The molecule has 0 aromatic carbocycles. The van der Waals surface area contributed by atoms with Crippen molar-refractivity contribution in [2.24, 2.45) is 0 Å². The minimum atomic E-state index is -6.02. The third-order valence-corrected chi connectivity index (χ3v) is 6.61. The van der Waals surface area contributed by atoms with Crippen molar-refractivity contribution in [2.45, 2.75) is 36.6 Å². The molecule has 32 heteroatoms. The quantitative estimate of drug-likeness (QED) is 0.0662. The van der Waals surface area contributed by atoms with Gasteiger partial charge in [0.1, 0.15) is 36.6 Å². The number of phosphoric acid groups is 6. The van der Waals surface area contributed by atoms with Crippen LogP contribution in [0.25, 0.3) is 0 Å². The second-order valence-corrected chi connectivity index (χ2v) is 13.5. The van der Waals surface area contributed by atoms with Crippen LogP contribution in [0.4, 0.5) is 0 Å². The molecule has 0 radical (unpaired) electrons. The summed E-state index contributed by atoms with van der Waals surface area (Å²) in [6.07, 6.45) is -18.9. The summed E-state index contributed by atoms with van der Waals surface area (Å²) in [6.45, 7) is 0. The molecule has 216 valence electrons. The van der Waals surface area contributed by atoms with Crippen LogP contribution in [0.3, 0.4) is 0 Å². The van der Waals surface area contributed by atoms with Crippen LogP contribution >= 0.6 is 46.9 Å². The van der Waals surface area contributed by atoms with Crippen LogP contribution in [0.5, 0.6) is 0 Å². The monoisotopic (exact) mass is 706 g/mol. The smallest absolute Gasteiger partial charge is 0.303 e. The Bertz CT molecular complexity index is 829. The Morgan fingerprint density at radius 3 is 0.421 bits per heavy atom. The molecule has 1 aliphatic carbocycles. The Morgan fingerprint density at radius 2 is 0.368 bits per heavy atom. The van der Waals surface area contributed by atoms with Crippen molar-refractivity contribution in [1.29, 1.82) is 0 Å². The summed E-state index contributed by atoms with van der Waals surface area (Å²) in [5.74, 6) is 0. The first-order valence-electron chi connectivity index (χ1n) is 8.01. The van der Waals surface area contributed by atoms with Gasteiger partial charge in [-0.05, 0) is 0 Å². The molecule has 0 saturated heterocycles. The summed E-state index contributed by atoms with van der Waals surface area (Å²) in [7, 11) is -36.1. The summed E-state index contributed by atoms with van der Waals surface area (Å²) in [5, 5.41) is 0. The Kier molecular flexibility index (Phi) is 17.0. The standard InChI is InChI=1S/C6H18O24P6.2Na/c7-31(8,9)25-1-2(26-32(10,11)12)4(28-34(16,17)18)6(30-36(22,23)24)5(29-35(19,20)21)3(1)27-33(13,14)15;;/h1-6H,(H2,7,8,9)(H2,10,11,12)(H2,13,14,15)(H2,16,17,18)(H2,19,20,21)(H2,22,23,24);;/q;2*+1. The van der Waals surface area contributed by atoms with Crippen molar-refractivity contribution < 1.29 is 172 Å². The van der Waals surface area contributed by atoms with Crippen molar-refractivity contribution in [3.8, 4) is 0 Å². The van der Waals surface area contributed by atoms with Gasteiger partial charge in [0.05, 0.1) is 0 Å². The fourth-order valence-electron chi connectivity index (χ4n) is 2.79. The van der Waals surface area contributed by atoms with Gasteiger partial charge in [0.2, 0.25) is 0 Å². The van der Waals surface area contributed by atoms with E-state index in [9.17, 15) is 27.4 Å². The van der Waals surface area contributed by atoms with Crippen LogP contribution in [0.2, 0.25) is 0 Å². The van der Waals surface area contributed by atoms with Crippen LogP contribution in [0, 0.1) is 0 Å². The average Bonchev–Trinajstić information content (AvgIpc) is 2.51. The summed E-state index contributed by atoms with van der Waals surface area (Å²) >= 11 is 0. The third kappa shape index (κ3) is 17.1. The molecule has 0 atom stereocenters. The van der Waals surface area contributed by atoms with Gasteiger partial charge in [0.15, 0.2) is 0 Å². The Hall–Kier alpha value is 2.66. The summed E-state index contributed by atoms with van der Waals surface area (Å²) in [4.78, 5) is 110. The summed E-state index contributed by atoms with van der Waals surface area (Å²) in [6, 6.07) is 0. The van der Waals surface area contributed by atoms with Crippen LogP contribution < -0.4 is 59.1 Å². The molecule has 0 aromatic heterocycles. The predicted molar refractivity (Wildman–Crippen MR) is 102 cm³/mol. The first-order chi connectivity index (χ1) is 15.6. The second kappa shape index (κ2) is 15.1. The van der Waals surface area contributed by atoms with Gasteiger partial charge in [-0.15, -0.1) is 0 Å². The van der Waals surface area contributed by atoms with E-state index in [0.29, 0.717) is 0 Å². The number of hydrogen-bond donors (Lipinski definition) is 12. The third-order valence-electron chi connectivity index (χ3n) is 3.50. The van der Waals surface area contributed by atoms with Crippen LogP contribution in [-0.4, -0.2) is 95.3 Å². The molecular weight excluding hydrogens is 688 g/mol. The van der Waals surface area contributed by atoms with E-state index < -0.39 is 83.6 Å². The van der Waals surface area contributed by atoms with Gasteiger partial charge < -0.3 is 58.7 Å². The van der Waals surface area contributed by atoms with Crippen molar-refractivity contribution in [2.75, 3.05) is 0 Å². The number of phosphoric ester groups is 6. The van der Waals surface area contributed by atoms with Gasteiger partial charge >= 0.3 is 106 Å². The molecule has 12 N–H and O–H groups in total. The molecule has 0 unspecified atom stereocenters. The van der Waals surface area contributed by atoms with Gasteiger partial charge in [0, 0.05) is 0 Å². The molecule has 24 nitrogen and oxygen atoms in total. The molecule has 0 spiro atoms. The van der Waals surface area contributed by atoms with Crippen LogP contribution in [-0.2, 0) is 54.5 Å². The normalized spacial score (nSPS) is 27.8. The zero-order valence-corrected chi connectivity index (χ0v) is 27.8. The van der Waals surface area contributed by atoms with E-state index >= 15 is 0 Å². The predicted octanol–water partition coefficient (Wildman–Crippen LogP) is -9.12. The minimum Gasteiger partial charge on any atom is -0.303 e. The summed E-state index contributed by atoms with van der Waals surface area (Å²) in [5.41, 5.74) is 0. The summed E-state index contributed by atoms with van der Waals surface area (Å²) < 4.78 is 93.1. The van der Waals surface area contributed by atoms with E-state index in [1.54, 1.807) is 0 Å². The molecule has 0 bridgehead atoms. The maximum absolute atomic E-state index is 11.4. The zero-order chi connectivity index (χ0) is 28.7. The largest absolute Gasteiger partial charge is 1.00 e. The van der Waals surface area contributed by atoms with Crippen molar-refractivity contribution in [3.63, 3.8) is 0 Å². The van der Waals surface area contributed by atoms with E-state index in [1.807, 2.05) is 0 Å². The van der Waals surface area contributed by atoms with Gasteiger partial charge in [0.25, 0.3) is 0 Å². The maximum atomic E-state index is 11.4. The molecule has 1 aliphatic rings. The Balaban J connectivity index is 0. The van der Waals surface area contributed by atoms with Crippen molar-refractivity contribution in [3.05, 3.63) is 0 Å². The van der Waals surface area contributed by atoms with Crippen molar-refractivity contribution in [1.82, 2.24) is 0 Å². The maximum Gasteiger partial charge on any atom is 1.00 e. The SMILES string of the molecule is O=P(O)(O)OC1C(OP(=O)(O)O)C(OP(=O)(O)O)C(OP(=O)(O)O)C(OP(=O)(O)O)C1OP(=O)(O)O.[Na+].[Na+]. The van der Waals surface area contributed by atoms with Crippen molar-refractivity contribution >= 4 is 46.9 Å². The van der Waals surface area contributed by atoms with E-state index in [4.69, 9.17) is 58.7 Å². The van der Waals surface area contributed by atoms with E-state index in [0.717, 1.165) is 0 Å². The van der Waals surface area contributed by atoms with E-state index in [-0.39, 0.29) is 59.1 Å². The van der Waals surface area contributed by atoms with Crippen LogP contribution in [0.1, 0.15) is 0 Å². The molecule has 1 rings (SSSR count). The Morgan fingerprint density at radius 1 is 0.289 bits per heavy atom. The fourth-order valence-corrected chi connectivity index (χ4v) is 6.14. The van der Waals surface area contributed by atoms with Gasteiger partial charge in [-0.3, -0.25) is 27.1 Å². The Labute approximate surface area is 254 Å². The van der Waals surface area contributed by atoms with E-state index in [2.05, 4.69) is 27.1 Å². The van der Waals surface area contributed by atoms with Gasteiger partial charge in [-0.25, -0.2) is 27.4 Å². The fraction of sp³-hybridized carbons (Fsp3) is 1.00. The zero-order valence-electron chi connectivity index (χ0n) is 18.4. The molecule has 0 aromatic rings. The minimum absolute atomic E-state index is 0. The molecular formula is C6H18Na2O24P6+2. The molecule has 38 heavy (non-hydrogen) atoms. The van der Waals surface area contributed by atoms with Gasteiger partial charge in [-0.1, -0.05) is 0 Å². The molecule has 0 heterocycles.